The highest BCUT2D eigenvalue weighted by Gasteiger charge is 2.22. The summed E-state index contributed by atoms with van der Waals surface area (Å²) in [5, 5.41) is 10.3. The van der Waals surface area contributed by atoms with Crippen molar-refractivity contribution in [2.45, 2.75) is 38.2 Å². The number of rotatable bonds is 10. The molecule has 7 heteroatoms. The third-order valence-electron chi connectivity index (χ3n) is 4.50. The Balaban J connectivity index is 1.54. The number of furan rings is 1. The second kappa shape index (κ2) is 9.94. The van der Waals surface area contributed by atoms with E-state index in [1.54, 1.807) is 18.4 Å². The van der Waals surface area contributed by atoms with Gasteiger partial charge < -0.3 is 19.0 Å². The van der Waals surface area contributed by atoms with Gasteiger partial charge in [-0.1, -0.05) is 6.07 Å². The summed E-state index contributed by atoms with van der Waals surface area (Å²) in [5.41, 5.74) is 0.387. The molecule has 2 heterocycles. The number of hydrogen-bond donors (Lipinski definition) is 1. The minimum absolute atomic E-state index is 0.0600. The number of halogens is 2. The molecule has 27 heavy (non-hydrogen) atoms. The van der Waals surface area contributed by atoms with Crippen LogP contribution in [0.5, 0.6) is 0 Å². The van der Waals surface area contributed by atoms with E-state index in [4.69, 9.17) is 13.9 Å². The zero-order valence-electron chi connectivity index (χ0n) is 15.2. The Morgan fingerprint density at radius 2 is 2.19 bits per heavy atom. The van der Waals surface area contributed by atoms with Crippen molar-refractivity contribution in [3.05, 3.63) is 59.6 Å². The van der Waals surface area contributed by atoms with Gasteiger partial charge in [0.05, 0.1) is 25.1 Å². The van der Waals surface area contributed by atoms with E-state index in [1.165, 1.54) is 12.1 Å². The van der Waals surface area contributed by atoms with Crippen molar-refractivity contribution in [3.8, 4) is 0 Å². The molecule has 1 aromatic heterocycles. The third-order valence-corrected chi connectivity index (χ3v) is 4.50. The summed E-state index contributed by atoms with van der Waals surface area (Å²) in [6.45, 7) is 2.28. The molecule has 1 saturated heterocycles. The molecule has 2 atom stereocenters. The lowest BCUT2D eigenvalue weighted by Gasteiger charge is -2.27. The van der Waals surface area contributed by atoms with Crippen LogP contribution in [0.15, 0.2) is 41.0 Å². The van der Waals surface area contributed by atoms with Crippen LogP contribution in [0.3, 0.4) is 0 Å². The van der Waals surface area contributed by atoms with Gasteiger partial charge in [-0.2, -0.15) is 0 Å². The van der Waals surface area contributed by atoms with Gasteiger partial charge in [0.25, 0.3) is 0 Å². The van der Waals surface area contributed by atoms with Crippen LogP contribution in [0.1, 0.15) is 24.2 Å². The molecule has 2 unspecified atom stereocenters. The first kappa shape index (κ1) is 19.9. The maximum absolute atomic E-state index is 14.0. The molecule has 0 bridgehead atoms. The molecule has 0 aliphatic carbocycles. The molecule has 1 N–H and O–H groups in total. The molecule has 0 saturated carbocycles. The first-order valence-electron chi connectivity index (χ1n) is 9.16. The van der Waals surface area contributed by atoms with Crippen LogP contribution in [0.2, 0.25) is 0 Å². The molecule has 1 fully saturated rings. The van der Waals surface area contributed by atoms with E-state index in [2.05, 4.69) is 0 Å². The minimum Gasteiger partial charge on any atom is -0.467 e. The van der Waals surface area contributed by atoms with Crippen LogP contribution >= 0.6 is 0 Å². The van der Waals surface area contributed by atoms with Crippen molar-refractivity contribution in [2.24, 2.45) is 0 Å². The highest BCUT2D eigenvalue weighted by atomic mass is 19.1. The van der Waals surface area contributed by atoms with E-state index >= 15 is 0 Å². The molecule has 1 aromatic carbocycles. The zero-order chi connectivity index (χ0) is 19.1. The van der Waals surface area contributed by atoms with Crippen LogP contribution in [0.25, 0.3) is 0 Å². The fourth-order valence-corrected chi connectivity index (χ4v) is 3.21. The Hall–Kier alpha value is -1.80. The summed E-state index contributed by atoms with van der Waals surface area (Å²) in [7, 11) is 0. The average Bonchev–Trinajstić information content (AvgIpc) is 3.31. The summed E-state index contributed by atoms with van der Waals surface area (Å²) in [6, 6.07) is 7.13. The normalized spacial score (nSPS) is 18.3. The minimum atomic E-state index is -0.745. The number of aliphatic hydroxyl groups excluding tert-OH is 1. The Bertz CT molecular complexity index is 689. The Labute approximate surface area is 157 Å². The van der Waals surface area contributed by atoms with Gasteiger partial charge in [-0.15, -0.1) is 0 Å². The van der Waals surface area contributed by atoms with E-state index in [1.807, 2.05) is 4.90 Å². The summed E-state index contributed by atoms with van der Waals surface area (Å²) >= 11 is 0. The molecule has 0 amide bonds. The molecule has 5 nitrogen and oxygen atoms in total. The summed E-state index contributed by atoms with van der Waals surface area (Å²) < 4.78 is 43.5. The average molecular weight is 381 g/mol. The van der Waals surface area contributed by atoms with Gasteiger partial charge in [0.1, 0.15) is 24.0 Å². The quantitative estimate of drug-likeness (QED) is 0.685. The van der Waals surface area contributed by atoms with Crippen LogP contribution in [0.4, 0.5) is 8.78 Å². The van der Waals surface area contributed by atoms with E-state index < -0.39 is 17.7 Å². The molecular weight excluding hydrogens is 356 g/mol. The van der Waals surface area contributed by atoms with Crippen molar-refractivity contribution in [1.29, 1.82) is 0 Å². The number of hydrogen-bond acceptors (Lipinski definition) is 5. The molecule has 0 spiro atoms. The van der Waals surface area contributed by atoms with Crippen molar-refractivity contribution in [3.63, 3.8) is 0 Å². The first-order chi connectivity index (χ1) is 13.1. The van der Waals surface area contributed by atoms with Crippen LogP contribution in [-0.2, 0) is 22.6 Å². The fourth-order valence-electron chi connectivity index (χ4n) is 3.21. The second-order valence-corrected chi connectivity index (χ2v) is 6.81. The molecular formula is C20H25F2NO4. The molecule has 1 aliphatic rings. The topological polar surface area (TPSA) is 55.1 Å². The standard InChI is InChI=1S/C20H25F2NO4/c21-16-6-5-15(20(22)9-16)10-23(12-18-3-1-7-26-18)11-17(24)13-25-14-19-4-2-8-27-19/h2,4-6,8-9,17-18,24H,1,3,7,10-14H2. The van der Waals surface area contributed by atoms with Crippen molar-refractivity contribution < 1.29 is 27.8 Å². The number of ether oxygens (including phenoxy) is 2. The lowest BCUT2D eigenvalue weighted by Crippen LogP contribution is -2.39. The van der Waals surface area contributed by atoms with Crippen molar-refractivity contribution in [2.75, 3.05) is 26.3 Å². The maximum atomic E-state index is 14.0. The summed E-state index contributed by atoms with van der Waals surface area (Å²) in [4.78, 5) is 1.92. The first-order valence-corrected chi connectivity index (χ1v) is 9.16. The Morgan fingerprint density at radius 1 is 1.30 bits per heavy atom. The molecule has 0 radical (unpaired) electrons. The summed E-state index contributed by atoms with van der Waals surface area (Å²) in [5.74, 6) is -0.504. The summed E-state index contributed by atoms with van der Waals surface area (Å²) in [6.07, 6.45) is 2.82. The highest BCUT2D eigenvalue weighted by Crippen LogP contribution is 2.17. The number of nitrogens with zero attached hydrogens (tertiary/aromatic N) is 1. The van der Waals surface area contributed by atoms with Gasteiger partial charge in [0.2, 0.25) is 0 Å². The van der Waals surface area contributed by atoms with E-state index in [0.29, 0.717) is 24.4 Å². The monoisotopic (exact) mass is 381 g/mol. The van der Waals surface area contributed by atoms with Gasteiger partial charge in [0.15, 0.2) is 0 Å². The van der Waals surface area contributed by atoms with E-state index in [0.717, 1.165) is 25.5 Å². The Morgan fingerprint density at radius 3 is 2.89 bits per heavy atom. The van der Waals surface area contributed by atoms with Gasteiger partial charge in [-0.05, 0) is 31.0 Å². The van der Waals surface area contributed by atoms with Crippen LogP contribution in [0, 0.1) is 11.6 Å². The van der Waals surface area contributed by atoms with Gasteiger partial charge >= 0.3 is 0 Å². The predicted octanol–water partition coefficient (Wildman–Crippen LogP) is 3.12. The lowest BCUT2D eigenvalue weighted by atomic mass is 10.1. The van der Waals surface area contributed by atoms with Gasteiger partial charge in [0, 0.05) is 37.9 Å². The van der Waals surface area contributed by atoms with Crippen LogP contribution in [-0.4, -0.2) is 48.5 Å². The maximum Gasteiger partial charge on any atom is 0.130 e. The largest absolute Gasteiger partial charge is 0.467 e. The second-order valence-electron chi connectivity index (χ2n) is 6.81. The van der Waals surface area contributed by atoms with E-state index in [-0.39, 0.29) is 25.9 Å². The lowest BCUT2D eigenvalue weighted by molar-refractivity contribution is -0.00655. The smallest absolute Gasteiger partial charge is 0.130 e. The Kier molecular flexibility index (Phi) is 7.34. The van der Waals surface area contributed by atoms with Crippen molar-refractivity contribution >= 4 is 0 Å². The SMILES string of the molecule is OC(COCc1ccco1)CN(Cc1ccc(F)cc1F)CC1CCCO1. The molecule has 2 aromatic rings. The highest BCUT2D eigenvalue weighted by molar-refractivity contribution is 5.18. The van der Waals surface area contributed by atoms with Gasteiger partial charge in [-0.25, -0.2) is 8.78 Å². The van der Waals surface area contributed by atoms with E-state index in [9.17, 15) is 13.9 Å². The molecule has 3 rings (SSSR count). The van der Waals surface area contributed by atoms with Crippen LogP contribution < -0.4 is 0 Å². The van der Waals surface area contributed by atoms with Crippen molar-refractivity contribution in [1.82, 2.24) is 4.90 Å². The molecule has 1 aliphatic heterocycles. The third kappa shape index (κ3) is 6.39. The zero-order valence-corrected chi connectivity index (χ0v) is 15.2. The predicted molar refractivity (Wildman–Crippen MR) is 95.0 cm³/mol. The number of benzene rings is 1. The van der Waals surface area contributed by atoms with Gasteiger partial charge in [-0.3, -0.25) is 4.90 Å². The fraction of sp³-hybridized carbons (Fsp3) is 0.500. The molecule has 148 valence electrons. The number of aliphatic hydroxyl groups is 1.